The molecule has 9 rings (SSSR count). The lowest BCUT2D eigenvalue weighted by molar-refractivity contribution is -0.123. The summed E-state index contributed by atoms with van der Waals surface area (Å²) in [5, 5.41) is 3.38. The van der Waals surface area contributed by atoms with Crippen molar-refractivity contribution in [3.8, 4) is 17.1 Å². The fourth-order valence-corrected chi connectivity index (χ4v) is 10.3. The van der Waals surface area contributed by atoms with Crippen LogP contribution in [-0.2, 0) is 11.4 Å². The van der Waals surface area contributed by atoms with Crippen LogP contribution in [0.15, 0.2) is 48.8 Å². The molecule has 1 amide bonds. The van der Waals surface area contributed by atoms with E-state index in [1.807, 2.05) is 6.07 Å². The van der Waals surface area contributed by atoms with Gasteiger partial charge < -0.3 is 31.3 Å². The quantitative estimate of drug-likeness (QED) is 0.253. The first-order chi connectivity index (χ1) is 23.3. The molecule has 4 heterocycles. The molecule has 6 aliphatic rings. The van der Waals surface area contributed by atoms with Crippen LogP contribution in [0.5, 0.6) is 5.88 Å². The number of likely N-dealkylation sites (tertiary alicyclic amines) is 1. The van der Waals surface area contributed by atoms with E-state index in [0.29, 0.717) is 34.6 Å². The maximum Gasteiger partial charge on any atom is 0.258 e. The van der Waals surface area contributed by atoms with Crippen LogP contribution in [0.3, 0.4) is 0 Å². The topological polar surface area (TPSA) is 136 Å². The van der Waals surface area contributed by atoms with E-state index in [2.05, 4.69) is 54.3 Å². The lowest BCUT2D eigenvalue weighted by Crippen LogP contribution is -2.51. The number of aromatic nitrogens is 3. The maximum atomic E-state index is 12.8. The molecule has 2 aliphatic heterocycles. The van der Waals surface area contributed by atoms with E-state index < -0.39 is 0 Å². The van der Waals surface area contributed by atoms with Gasteiger partial charge in [0.2, 0.25) is 5.91 Å². The largest absolute Gasteiger partial charge is 0.470 e. The minimum Gasteiger partial charge on any atom is -0.470 e. The average molecular weight is 651 g/mol. The molecule has 1 aromatic carbocycles. The SMILES string of the molecule is Nc1cc(COc2nc(-c3ccc(N4CCC5(CCN(CCCC(=O)NCC67CC8CC(CC(C8)C6)C7)C5)C4)cc3)cnc2N)ccn1. The number of rotatable bonds is 11. The average Bonchev–Trinajstić information content (AvgIpc) is 3.68. The minimum atomic E-state index is 0.251. The molecule has 5 N–H and O–H groups in total. The Labute approximate surface area is 284 Å². The number of pyridine rings is 1. The Morgan fingerprint density at radius 3 is 2.46 bits per heavy atom. The Morgan fingerprint density at radius 1 is 0.958 bits per heavy atom. The van der Waals surface area contributed by atoms with Crippen molar-refractivity contribution in [2.45, 2.75) is 70.8 Å². The Kier molecular flexibility index (Phi) is 8.39. The number of benzene rings is 1. The van der Waals surface area contributed by atoms with Crippen molar-refractivity contribution in [3.63, 3.8) is 0 Å². The van der Waals surface area contributed by atoms with Crippen molar-refractivity contribution in [2.24, 2.45) is 28.6 Å². The van der Waals surface area contributed by atoms with Crippen LogP contribution < -0.4 is 26.4 Å². The summed E-state index contributed by atoms with van der Waals surface area (Å²) in [5.74, 6) is 4.07. The van der Waals surface area contributed by atoms with Gasteiger partial charge in [-0.15, -0.1) is 0 Å². The third kappa shape index (κ3) is 6.68. The van der Waals surface area contributed by atoms with Crippen LogP contribution in [0, 0.1) is 28.6 Å². The van der Waals surface area contributed by atoms with E-state index in [4.69, 9.17) is 16.2 Å². The normalized spacial score (nSPS) is 29.2. The summed E-state index contributed by atoms with van der Waals surface area (Å²) in [6.45, 7) is 6.63. The van der Waals surface area contributed by atoms with Gasteiger partial charge in [-0.25, -0.2) is 15.0 Å². The maximum absolute atomic E-state index is 12.8. The molecule has 6 fully saturated rings. The Bertz CT molecular complexity index is 1590. The van der Waals surface area contributed by atoms with E-state index >= 15 is 0 Å². The van der Waals surface area contributed by atoms with Crippen molar-refractivity contribution < 1.29 is 9.53 Å². The highest BCUT2D eigenvalue weighted by Gasteiger charge is 2.50. The van der Waals surface area contributed by atoms with Crippen molar-refractivity contribution in [1.82, 2.24) is 25.2 Å². The van der Waals surface area contributed by atoms with Crippen molar-refractivity contribution in [3.05, 3.63) is 54.4 Å². The second-order valence-corrected chi connectivity index (χ2v) is 15.9. The Balaban J connectivity index is 0.794. The van der Waals surface area contributed by atoms with Crippen LogP contribution in [0.1, 0.15) is 69.8 Å². The number of carbonyl (C=O) groups excluding carboxylic acids is 1. The zero-order valence-electron chi connectivity index (χ0n) is 28.1. The number of amides is 1. The van der Waals surface area contributed by atoms with Gasteiger partial charge in [0.25, 0.3) is 5.88 Å². The number of carbonyl (C=O) groups is 1. The molecule has 1 atom stereocenters. The van der Waals surface area contributed by atoms with Crippen LogP contribution >= 0.6 is 0 Å². The number of ether oxygens (including phenoxy) is 1. The van der Waals surface area contributed by atoms with Gasteiger partial charge in [0.15, 0.2) is 5.82 Å². The predicted octanol–water partition coefficient (Wildman–Crippen LogP) is 5.30. The van der Waals surface area contributed by atoms with Gasteiger partial charge in [-0.05, 0) is 124 Å². The first kappa shape index (κ1) is 31.4. The number of hydrogen-bond donors (Lipinski definition) is 3. The molecule has 2 saturated heterocycles. The number of nitrogens with one attached hydrogen (secondary N) is 1. The highest BCUT2D eigenvalue weighted by molar-refractivity contribution is 5.75. The Morgan fingerprint density at radius 2 is 1.71 bits per heavy atom. The summed E-state index contributed by atoms with van der Waals surface area (Å²) >= 11 is 0. The highest BCUT2D eigenvalue weighted by atomic mass is 16.5. The minimum absolute atomic E-state index is 0.251. The lowest BCUT2D eigenvalue weighted by Gasteiger charge is -2.56. The van der Waals surface area contributed by atoms with Gasteiger partial charge in [-0.2, -0.15) is 0 Å². The zero-order valence-corrected chi connectivity index (χ0v) is 28.1. The summed E-state index contributed by atoms with van der Waals surface area (Å²) in [4.78, 5) is 31.0. The standard InChI is InChI=1S/C38H50N8O2/c39-33-17-26(7-10-41-33)22-48-36-35(40)42-21-32(44-36)30-3-5-31(6-4-30)46-13-9-37(25-46)8-12-45(24-37)11-1-2-34(47)43-23-38-18-27-14-28(19-38)16-29(15-27)20-38/h3-7,10,17,21,27-29H,1-2,8-9,11-16,18-20,22-25H2,(H2,39,41)(H2,40,42)(H,43,47). The van der Waals surface area contributed by atoms with E-state index in [0.717, 1.165) is 74.6 Å². The number of nitrogens with zero attached hydrogens (tertiary/aromatic N) is 5. The van der Waals surface area contributed by atoms with Gasteiger partial charge in [0.1, 0.15) is 12.4 Å². The predicted molar refractivity (Wildman–Crippen MR) is 188 cm³/mol. The molecule has 4 aliphatic carbocycles. The van der Waals surface area contributed by atoms with Crippen LogP contribution in [0.25, 0.3) is 11.3 Å². The van der Waals surface area contributed by atoms with Gasteiger partial charge in [-0.1, -0.05) is 12.1 Å². The first-order valence-corrected chi connectivity index (χ1v) is 18.1. The molecule has 4 saturated carbocycles. The van der Waals surface area contributed by atoms with E-state index in [-0.39, 0.29) is 18.3 Å². The first-order valence-electron chi connectivity index (χ1n) is 18.1. The zero-order chi connectivity index (χ0) is 32.7. The number of anilines is 3. The van der Waals surface area contributed by atoms with Crippen molar-refractivity contribution >= 4 is 23.2 Å². The molecule has 0 radical (unpaired) electrons. The summed E-state index contributed by atoms with van der Waals surface area (Å²) in [7, 11) is 0. The molecule has 10 heteroatoms. The number of nitrogen functional groups attached to an aromatic ring is 2. The summed E-state index contributed by atoms with van der Waals surface area (Å²) in [6, 6.07) is 12.2. The fourth-order valence-electron chi connectivity index (χ4n) is 10.3. The van der Waals surface area contributed by atoms with E-state index in [1.165, 1.54) is 57.1 Å². The van der Waals surface area contributed by atoms with E-state index in [1.54, 1.807) is 18.5 Å². The number of hydrogen-bond acceptors (Lipinski definition) is 9. The molecule has 1 unspecified atom stereocenters. The lowest BCUT2D eigenvalue weighted by atomic mass is 9.49. The third-order valence-electron chi connectivity index (χ3n) is 12.2. The van der Waals surface area contributed by atoms with Gasteiger partial charge in [-0.3, -0.25) is 4.79 Å². The molecular weight excluding hydrogens is 600 g/mol. The fraction of sp³-hybridized carbons (Fsp3) is 0.579. The molecule has 48 heavy (non-hydrogen) atoms. The molecular formula is C38H50N8O2. The molecule has 1 spiro atoms. The summed E-state index contributed by atoms with van der Waals surface area (Å²) < 4.78 is 5.88. The van der Waals surface area contributed by atoms with Crippen LogP contribution in [0.4, 0.5) is 17.3 Å². The molecule has 4 bridgehead atoms. The second-order valence-electron chi connectivity index (χ2n) is 15.9. The van der Waals surface area contributed by atoms with Gasteiger partial charge in [0, 0.05) is 55.5 Å². The van der Waals surface area contributed by atoms with E-state index in [9.17, 15) is 4.79 Å². The van der Waals surface area contributed by atoms with Gasteiger partial charge in [0.05, 0.1) is 11.9 Å². The number of nitrogens with two attached hydrogens (primary N) is 2. The smallest absolute Gasteiger partial charge is 0.258 e. The highest BCUT2D eigenvalue weighted by Crippen LogP contribution is 2.59. The molecule has 254 valence electrons. The van der Waals surface area contributed by atoms with Gasteiger partial charge >= 0.3 is 0 Å². The summed E-state index contributed by atoms with van der Waals surface area (Å²) in [6.07, 6.45) is 15.8. The van der Waals surface area contributed by atoms with Crippen molar-refractivity contribution in [2.75, 3.05) is 55.6 Å². The third-order valence-corrected chi connectivity index (χ3v) is 12.2. The molecule has 10 nitrogen and oxygen atoms in total. The van der Waals surface area contributed by atoms with Crippen LogP contribution in [0.2, 0.25) is 0 Å². The molecule has 3 aromatic rings. The summed E-state index contributed by atoms with van der Waals surface area (Å²) in [5.41, 5.74) is 16.4. The second kappa shape index (κ2) is 12.8. The van der Waals surface area contributed by atoms with Crippen molar-refractivity contribution in [1.29, 1.82) is 0 Å². The monoisotopic (exact) mass is 650 g/mol. The van der Waals surface area contributed by atoms with Crippen LogP contribution in [-0.4, -0.2) is 65.0 Å². The molecule has 2 aromatic heterocycles. The Hall–Kier alpha value is -3.92.